The first-order valence-corrected chi connectivity index (χ1v) is 14.1. The fraction of sp³-hybridized carbons (Fsp3) is 0.0968. The number of Topliss-reactive ketones (excluding diaryl/α,β-unsaturated/α-hetero) is 1. The summed E-state index contributed by atoms with van der Waals surface area (Å²) in [5.41, 5.74) is 2.13. The van der Waals surface area contributed by atoms with Crippen molar-refractivity contribution in [2.75, 3.05) is 11.5 Å². The van der Waals surface area contributed by atoms with E-state index in [9.17, 15) is 24.4 Å². The van der Waals surface area contributed by atoms with Crippen LogP contribution in [-0.4, -0.2) is 40.4 Å². The number of ether oxygens (including phenoxy) is 1. The highest BCUT2D eigenvalue weighted by molar-refractivity contribution is 8.00. The van der Waals surface area contributed by atoms with Crippen LogP contribution < -0.4 is 4.90 Å². The van der Waals surface area contributed by atoms with Gasteiger partial charge in [0.2, 0.25) is 17.6 Å². The number of hydrogen-bond donors (Lipinski definition) is 0. The van der Waals surface area contributed by atoms with E-state index >= 15 is 0 Å². The van der Waals surface area contributed by atoms with Crippen molar-refractivity contribution in [3.63, 3.8) is 0 Å². The van der Waals surface area contributed by atoms with E-state index in [0.717, 1.165) is 16.7 Å². The van der Waals surface area contributed by atoms with Crippen molar-refractivity contribution < 1.29 is 23.9 Å². The Bertz CT molecular complexity index is 1770. The number of imide groups is 1. The van der Waals surface area contributed by atoms with Crippen molar-refractivity contribution in [1.29, 1.82) is 5.26 Å². The molecule has 0 radical (unpaired) electrons. The summed E-state index contributed by atoms with van der Waals surface area (Å²) in [7, 11) is 0. The molecule has 1 aromatic heterocycles. The van der Waals surface area contributed by atoms with E-state index in [-0.39, 0.29) is 33.8 Å². The minimum atomic E-state index is -0.806. The molecular weight excluding hydrogens is 597 g/mol. The van der Waals surface area contributed by atoms with Gasteiger partial charge >= 0.3 is 5.97 Å². The fourth-order valence-corrected chi connectivity index (χ4v) is 5.83. The Morgan fingerprint density at radius 3 is 2.33 bits per heavy atom. The maximum absolute atomic E-state index is 13.3. The third-order valence-corrected chi connectivity index (χ3v) is 8.21. The van der Waals surface area contributed by atoms with Gasteiger partial charge in [0.1, 0.15) is 11.1 Å². The summed E-state index contributed by atoms with van der Waals surface area (Å²) < 4.78 is 5.12. The van der Waals surface area contributed by atoms with Gasteiger partial charge in [0.25, 0.3) is 0 Å². The molecule has 208 valence electrons. The molecule has 1 fully saturated rings. The maximum atomic E-state index is 13.3. The molecule has 11 heteroatoms. The van der Waals surface area contributed by atoms with Crippen LogP contribution in [0.5, 0.6) is 0 Å². The zero-order valence-corrected chi connectivity index (χ0v) is 23.9. The van der Waals surface area contributed by atoms with Crippen LogP contribution >= 0.6 is 35.0 Å². The molecule has 1 unspecified atom stereocenters. The van der Waals surface area contributed by atoms with Crippen LogP contribution in [0.2, 0.25) is 10.0 Å². The summed E-state index contributed by atoms with van der Waals surface area (Å²) in [6.07, 6.45) is -0.0969. The molecule has 0 spiro atoms. The highest BCUT2D eigenvalue weighted by Gasteiger charge is 2.41. The lowest BCUT2D eigenvalue weighted by Crippen LogP contribution is -2.31. The maximum Gasteiger partial charge on any atom is 0.338 e. The average molecular weight is 616 g/mol. The summed E-state index contributed by atoms with van der Waals surface area (Å²) in [5.74, 6) is -2.10. The Balaban J connectivity index is 1.27. The molecule has 3 aromatic carbocycles. The van der Waals surface area contributed by atoms with Crippen LogP contribution in [0.1, 0.15) is 32.7 Å². The van der Waals surface area contributed by atoms with Crippen molar-refractivity contribution in [3.8, 4) is 17.3 Å². The fourth-order valence-electron chi connectivity index (χ4n) is 4.26. The number of pyridine rings is 1. The molecular formula is C31H19Cl2N3O5S. The van der Waals surface area contributed by atoms with Crippen LogP contribution in [0.3, 0.4) is 0 Å². The second-order valence-corrected chi connectivity index (χ2v) is 11.1. The van der Waals surface area contributed by atoms with E-state index in [1.165, 1.54) is 30.3 Å². The SMILES string of the molecule is N#Cc1ccc(-c2ccccc2Cl)nc1SC1CC(=O)N(c2ccc(C(=O)OCC(=O)c3ccccc3Cl)cc2)C1=O. The lowest BCUT2D eigenvalue weighted by atomic mass is 10.1. The lowest BCUT2D eigenvalue weighted by Gasteiger charge is -2.15. The van der Waals surface area contributed by atoms with Crippen molar-refractivity contribution in [2.24, 2.45) is 0 Å². The lowest BCUT2D eigenvalue weighted by molar-refractivity contribution is -0.121. The Kier molecular flexibility index (Phi) is 8.69. The van der Waals surface area contributed by atoms with E-state index in [2.05, 4.69) is 11.1 Å². The third-order valence-electron chi connectivity index (χ3n) is 6.36. The summed E-state index contributed by atoms with van der Waals surface area (Å²) in [6.45, 7) is -0.497. The topological polar surface area (TPSA) is 117 Å². The van der Waals surface area contributed by atoms with E-state index in [1.54, 1.807) is 48.5 Å². The Morgan fingerprint density at radius 2 is 1.64 bits per heavy atom. The van der Waals surface area contributed by atoms with E-state index < -0.39 is 35.4 Å². The first-order valence-electron chi connectivity index (χ1n) is 12.5. The van der Waals surface area contributed by atoms with Gasteiger partial charge < -0.3 is 4.74 Å². The number of thioether (sulfide) groups is 1. The molecule has 1 aliphatic heterocycles. The molecule has 0 aliphatic carbocycles. The van der Waals surface area contributed by atoms with E-state index in [1.807, 2.05) is 6.07 Å². The number of hydrogen-bond acceptors (Lipinski definition) is 8. The number of aromatic nitrogens is 1. The summed E-state index contributed by atoms with van der Waals surface area (Å²) >= 11 is 13.4. The number of carbonyl (C=O) groups is 4. The number of nitriles is 1. The number of carbonyl (C=O) groups excluding carboxylic acids is 4. The molecule has 1 aliphatic rings. The van der Waals surface area contributed by atoms with Gasteiger partial charge in [0.15, 0.2) is 6.61 Å². The summed E-state index contributed by atoms with van der Waals surface area (Å²) in [6, 6.07) is 24.6. The van der Waals surface area contributed by atoms with Crippen LogP contribution in [0.15, 0.2) is 90.0 Å². The highest BCUT2D eigenvalue weighted by atomic mass is 35.5. The van der Waals surface area contributed by atoms with Crippen LogP contribution in [0.25, 0.3) is 11.3 Å². The number of amides is 2. The molecule has 1 saturated heterocycles. The van der Waals surface area contributed by atoms with Crippen molar-refractivity contribution in [3.05, 3.63) is 112 Å². The monoisotopic (exact) mass is 615 g/mol. The molecule has 5 rings (SSSR count). The molecule has 0 bridgehead atoms. The van der Waals surface area contributed by atoms with Gasteiger partial charge in [-0.3, -0.25) is 14.4 Å². The Hall–Kier alpha value is -4.49. The number of halogens is 2. The Labute approximate surface area is 254 Å². The van der Waals surface area contributed by atoms with Crippen molar-refractivity contribution in [2.45, 2.75) is 16.7 Å². The molecule has 1 atom stereocenters. The van der Waals surface area contributed by atoms with Gasteiger partial charge in [-0.1, -0.05) is 65.3 Å². The number of benzene rings is 3. The number of ketones is 1. The van der Waals surface area contributed by atoms with Gasteiger partial charge in [0, 0.05) is 22.6 Å². The summed E-state index contributed by atoms with van der Waals surface area (Å²) in [4.78, 5) is 56.6. The van der Waals surface area contributed by atoms with E-state index in [4.69, 9.17) is 27.9 Å². The second kappa shape index (κ2) is 12.6. The number of anilines is 1. The van der Waals surface area contributed by atoms with Crippen LogP contribution in [0.4, 0.5) is 5.69 Å². The minimum absolute atomic E-state index is 0.0969. The Morgan fingerprint density at radius 1 is 0.952 bits per heavy atom. The van der Waals surface area contributed by atoms with Gasteiger partial charge in [-0.05, 0) is 54.6 Å². The standard InChI is InChI=1S/C31H19Cl2N3O5S/c32-23-7-3-1-5-21(23)25-14-11-19(16-34)29(35-25)42-27-15-28(38)36(30(27)39)20-12-9-18(10-13-20)31(40)41-17-26(37)22-6-2-4-8-24(22)33/h1-14,27H,15,17H2. The second-order valence-electron chi connectivity index (χ2n) is 9.04. The number of rotatable bonds is 8. The molecule has 0 saturated carbocycles. The predicted molar refractivity (Wildman–Crippen MR) is 159 cm³/mol. The van der Waals surface area contributed by atoms with Crippen molar-refractivity contribution in [1.82, 2.24) is 4.98 Å². The first kappa shape index (κ1) is 29.0. The van der Waals surface area contributed by atoms with Crippen LogP contribution in [-0.2, 0) is 14.3 Å². The smallest absolute Gasteiger partial charge is 0.338 e. The molecule has 42 heavy (non-hydrogen) atoms. The normalized spacial score (nSPS) is 14.5. The van der Waals surface area contributed by atoms with Gasteiger partial charge in [0.05, 0.1) is 32.8 Å². The van der Waals surface area contributed by atoms with Crippen LogP contribution in [0, 0.1) is 11.3 Å². The average Bonchev–Trinajstić information content (AvgIpc) is 3.28. The largest absolute Gasteiger partial charge is 0.454 e. The zero-order chi connectivity index (χ0) is 29.8. The predicted octanol–water partition coefficient (Wildman–Crippen LogP) is 6.39. The molecule has 0 N–H and O–H groups in total. The first-order chi connectivity index (χ1) is 20.3. The molecule has 4 aromatic rings. The molecule has 8 nitrogen and oxygen atoms in total. The zero-order valence-electron chi connectivity index (χ0n) is 21.6. The number of esters is 1. The van der Waals surface area contributed by atoms with Gasteiger partial charge in [-0.2, -0.15) is 5.26 Å². The highest BCUT2D eigenvalue weighted by Crippen LogP contribution is 2.36. The summed E-state index contributed by atoms with van der Waals surface area (Å²) in [5, 5.41) is 9.86. The van der Waals surface area contributed by atoms with E-state index in [0.29, 0.717) is 21.3 Å². The minimum Gasteiger partial charge on any atom is -0.454 e. The van der Waals surface area contributed by atoms with Crippen molar-refractivity contribution >= 4 is 64.2 Å². The quantitative estimate of drug-likeness (QED) is 0.127. The number of nitrogens with zero attached hydrogens (tertiary/aromatic N) is 3. The molecule has 2 heterocycles. The molecule has 2 amide bonds. The van der Waals surface area contributed by atoms with Gasteiger partial charge in [-0.15, -0.1) is 0 Å². The van der Waals surface area contributed by atoms with Gasteiger partial charge in [-0.25, -0.2) is 14.7 Å². The third kappa shape index (κ3) is 6.06.